The van der Waals surface area contributed by atoms with Crippen molar-refractivity contribution in [3.8, 4) is 0 Å². The Morgan fingerprint density at radius 1 is 1.10 bits per heavy atom. The second-order valence-electron chi connectivity index (χ2n) is 7.16. The molecule has 0 radical (unpaired) electrons. The van der Waals surface area contributed by atoms with Gasteiger partial charge in [-0.25, -0.2) is 4.79 Å². The Balaban J connectivity index is 1.76. The number of carbonyl (C=O) groups is 5. The molecule has 4 amide bonds. The molecule has 1 fully saturated rings. The van der Waals surface area contributed by atoms with Crippen LogP contribution in [0.3, 0.4) is 0 Å². The van der Waals surface area contributed by atoms with Gasteiger partial charge in [0.15, 0.2) is 0 Å². The van der Waals surface area contributed by atoms with E-state index in [-0.39, 0.29) is 51.5 Å². The SMILES string of the molecule is COCCOCCC(=O)N1CC(CNC(=O)CCN2C(=O)C=CC2=O)(OCC(=O)O)C1. The van der Waals surface area contributed by atoms with Gasteiger partial charge in [0.2, 0.25) is 11.8 Å². The third-order valence-electron chi connectivity index (χ3n) is 4.78. The molecule has 0 unspecified atom stereocenters. The number of carboxylic acid groups (broad SMARTS) is 1. The van der Waals surface area contributed by atoms with Gasteiger partial charge >= 0.3 is 5.97 Å². The first-order chi connectivity index (χ1) is 14.8. The fourth-order valence-corrected chi connectivity index (χ4v) is 3.07. The van der Waals surface area contributed by atoms with Gasteiger partial charge in [0.25, 0.3) is 11.8 Å². The maximum absolute atomic E-state index is 12.2. The van der Waals surface area contributed by atoms with E-state index in [4.69, 9.17) is 19.3 Å². The predicted octanol–water partition coefficient (Wildman–Crippen LogP) is -1.85. The number of amides is 4. The van der Waals surface area contributed by atoms with Crippen LogP contribution >= 0.6 is 0 Å². The van der Waals surface area contributed by atoms with Crippen LogP contribution in [0.2, 0.25) is 0 Å². The maximum atomic E-state index is 12.2. The van der Waals surface area contributed by atoms with Gasteiger partial charge in [-0.1, -0.05) is 0 Å². The van der Waals surface area contributed by atoms with Gasteiger partial charge in [0, 0.05) is 32.2 Å². The zero-order valence-electron chi connectivity index (χ0n) is 17.3. The fraction of sp³-hybridized carbons (Fsp3) is 0.632. The van der Waals surface area contributed by atoms with E-state index < -0.39 is 35.9 Å². The van der Waals surface area contributed by atoms with Crippen molar-refractivity contribution in [3.05, 3.63) is 12.2 Å². The number of carbonyl (C=O) groups excluding carboxylic acids is 4. The summed E-state index contributed by atoms with van der Waals surface area (Å²) in [6.07, 6.45) is 2.34. The first-order valence-corrected chi connectivity index (χ1v) is 9.77. The van der Waals surface area contributed by atoms with E-state index in [1.54, 1.807) is 7.11 Å². The number of ether oxygens (including phenoxy) is 3. The maximum Gasteiger partial charge on any atom is 0.329 e. The topological polar surface area (TPSA) is 152 Å². The molecule has 2 heterocycles. The molecule has 31 heavy (non-hydrogen) atoms. The lowest BCUT2D eigenvalue weighted by Crippen LogP contribution is -2.69. The van der Waals surface area contributed by atoms with Gasteiger partial charge in [-0.15, -0.1) is 0 Å². The number of nitrogens with zero attached hydrogens (tertiary/aromatic N) is 2. The van der Waals surface area contributed by atoms with Crippen molar-refractivity contribution in [1.29, 1.82) is 0 Å². The molecule has 1 saturated heterocycles. The number of nitrogens with one attached hydrogen (secondary N) is 1. The van der Waals surface area contributed by atoms with Gasteiger partial charge in [-0.05, 0) is 0 Å². The third-order valence-corrected chi connectivity index (χ3v) is 4.78. The van der Waals surface area contributed by atoms with Crippen LogP contribution in [0, 0.1) is 0 Å². The molecule has 0 aliphatic carbocycles. The smallest absolute Gasteiger partial charge is 0.329 e. The van der Waals surface area contributed by atoms with Crippen molar-refractivity contribution in [3.63, 3.8) is 0 Å². The average Bonchev–Trinajstić information content (AvgIpc) is 3.02. The first kappa shape index (κ1) is 24.4. The molecule has 0 spiro atoms. The molecule has 172 valence electrons. The van der Waals surface area contributed by atoms with E-state index in [0.29, 0.717) is 13.2 Å². The second kappa shape index (κ2) is 11.5. The molecule has 2 rings (SSSR count). The van der Waals surface area contributed by atoms with Crippen molar-refractivity contribution in [1.82, 2.24) is 15.1 Å². The van der Waals surface area contributed by atoms with Crippen LogP contribution in [-0.2, 0) is 38.2 Å². The molecule has 0 atom stereocenters. The number of rotatable bonds is 14. The van der Waals surface area contributed by atoms with E-state index in [1.807, 2.05) is 0 Å². The summed E-state index contributed by atoms with van der Waals surface area (Å²) in [5, 5.41) is 11.5. The first-order valence-electron chi connectivity index (χ1n) is 9.77. The van der Waals surface area contributed by atoms with E-state index in [2.05, 4.69) is 5.32 Å². The quantitative estimate of drug-likeness (QED) is 0.234. The standard InChI is InChI=1S/C19H27N3O9/c1-29-8-9-30-7-5-15(24)21-12-19(13-21,31-10-18(27)28)11-20-14(23)4-6-22-16(25)2-3-17(22)26/h2-3H,4-13H2,1H3,(H,20,23)(H,27,28). The number of hydrogen-bond acceptors (Lipinski definition) is 8. The van der Waals surface area contributed by atoms with Crippen molar-refractivity contribution < 1.29 is 43.3 Å². The minimum absolute atomic E-state index is 0.00657. The summed E-state index contributed by atoms with van der Waals surface area (Å²) >= 11 is 0. The summed E-state index contributed by atoms with van der Waals surface area (Å²) < 4.78 is 15.6. The van der Waals surface area contributed by atoms with Crippen LogP contribution in [-0.4, -0.2) is 110 Å². The minimum Gasteiger partial charge on any atom is -0.480 e. The van der Waals surface area contributed by atoms with E-state index >= 15 is 0 Å². The molecule has 2 N–H and O–H groups in total. The molecular formula is C19H27N3O9. The molecular weight excluding hydrogens is 414 g/mol. The number of methoxy groups -OCH3 is 1. The monoisotopic (exact) mass is 441 g/mol. The van der Waals surface area contributed by atoms with E-state index in [9.17, 15) is 24.0 Å². The van der Waals surface area contributed by atoms with Crippen molar-refractivity contribution in [2.75, 3.05) is 59.7 Å². The van der Waals surface area contributed by atoms with Crippen LogP contribution in [0.4, 0.5) is 0 Å². The predicted molar refractivity (Wildman–Crippen MR) is 104 cm³/mol. The Morgan fingerprint density at radius 2 is 1.77 bits per heavy atom. The van der Waals surface area contributed by atoms with E-state index in [0.717, 1.165) is 17.1 Å². The minimum atomic E-state index is -1.17. The van der Waals surface area contributed by atoms with Gasteiger partial charge in [0.1, 0.15) is 12.2 Å². The Labute approximate surface area is 179 Å². The lowest BCUT2D eigenvalue weighted by atomic mass is 9.93. The van der Waals surface area contributed by atoms with Gasteiger partial charge in [-0.2, -0.15) is 0 Å². The van der Waals surface area contributed by atoms with Crippen LogP contribution in [0.5, 0.6) is 0 Å². The molecule has 0 aromatic heterocycles. The average molecular weight is 441 g/mol. The van der Waals surface area contributed by atoms with Crippen LogP contribution in [0.25, 0.3) is 0 Å². The van der Waals surface area contributed by atoms with Crippen molar-refractivity contribution >= 4 is 29.6 Å². The highest BCUT2D eigenvalue weighted by Gasteiger charge is 2.46. The number of aliphatic carboxylic acids is 1. The lowest BCUT2D eigenvalue weighted by molar-refractivity contribution is -0.177. The molecule has 0 aromatic rings. The van der Waals surface area contributed by atoms with Crippen molar-refractivity contribution in [2.45, 2.75) is 18.4 Å². The number of imide groups is 1. The van der Waals surface area contributed by atoms with E-state index in [1.165, 1.54) is 4.90 Å². The normalized spacial score (nSPS) is 17.1. The molecule has 12 nitrogen and oxygen atoms in total. The highest BCUT2D eigenvalue weighted by atomic mass is 16.5. The van der Waals surface area contributed by atoms with Gasteiger partial charge < -0.3 is 29.5 Å². The van der Waals surface area contributed by atoms with Crippen LogP contribution in [0.15, 0.2) is 12.2 Å². The molecule has 2 aliphatic heterocycles. The highest BCUT2D eigenvalue weighted by molar-refractivity contribution is 6.13. The summed E-state index contributed by atoms with van der Waals surface area (Å²) in [5.74, 6) is -2.71. The molecule has 0 aromatic carbocycles. The summed E-state index contributed by atoms with van der Waals surface area (Å²) in [6, 6.07) is 0. The molecule has 12 heteroatoms. The van der Waals surface area contributed by atoms with Crippen LogP contribution in [0.1, 0.15) is 12.8 Å². The summed E-state index contributed by atoms with van der Waals surface area (Å²) in [5.41, 5.74) is -1.01. The number of likely N-dealkylation sites (tertiary alicyclic amines) is 1. The molecule has 2 aliphatic rings. The Morgan fingerprint density at radius 3 is 2.39 bits per heavy atom. The lowest BCUT2D eigenvalue weighted by Gasteiger charge is -2.49. The van der Waals surface area contributed by atoms with Crippen molar-refractivity contribution in [2.24, 2.45) is 0 Å². The second-order valence-corrected chi connectivity index (χ2v) is 7.16. The largest absolute Gasteiger partial charge is 0.480 e. The van der Waals surface area contributed by atoms with Crippen LogP contribution < -0.4 is 5.32 Å². The zero-order chi connectivity index (χ0) is 22.9. The fourth-order valence-electron chi connectivity index (χ4n) is 3.07. The van der Waals surface area contributed by atoms with Gasteiger partial charge in [-0.3, -0.25) is 24.1 Å². The Hall–Kier alpha value is -2.83. The Bertz CT molecular complexity index is 713. The van der Waals surface area contributed by atoms with Gasteiger partial charge in [0.05, 0.1) is 45.9 Å². The summed E-state index contributed by atoms with van der Waals surface area (Å²) in [6.45, 7) is 0.670. The summed E-state index contributed by atoms with van der Waals surface area (Å²) in [7, 11) is 1.55. The molecule has 0 saturated carbocycles. The summed E-state index contributed by atoms with van der Waals surface area (Å²) in [4.78, 5) is 60.7. The number of carboxylic acids is 1. The molecule has 0 bridgehead atoms. The Kier molecular flexibility index (Phi) is 9.09. The number of hydrogen-bond donors (Lipinski definition) is 2. The zero-order valence-corrected chi connectivity index (χ0v) is 17.3. The third kappa shape index (κ3) is 7.42. The highest BCUT2D eigenvalue weighted by Crippen LogP contribution is 2.25.